The molecular weight excluding hydrogens is 220 g/mol. The second-order valence-corrected chi connectivity index (χ2v) is 6.88. The van der Waals surface area contributed by atoms with E-state index >= 15 is 0 Å². The molecule has 1 unspecified atom stereocenters. The molecule has 1 rings (SSSR count). The number of nitrogens with zero attached hydrogens (tertiary/aromatic N) is 1. The molecule has 1 aliphatic heterocycles. The first-order chi connectivity index (χ1) is 7.57. The van der Waals surface area contributed by atoms with Crippen molar-refractivity contribution in [3.8, 4) is 0 Å². The molecule has 0 spiro atoms. The highest BCUT2D eigenvalue weighted by Gasteiger charge is 2.23. The summed E-state index contributed by atoms with van der Waals surface area (Å²) in [5, 5.41) is 0. The minimum Gasteiger partial charge on any atom is -0.380 e. The maximum Gasteiger partial charge on any atom is 0.0705 e. The maximum absolute atomic E-state index is 5.63. The van der Waals surface area contributed by atoms with Gasteiger partial charge in [-0.3, -0.25) is 0 Å². The second kappa shape index (κ2) is 6.84. The normalized spacial score (nSPS) is 24.0. The molecular formula is C12H26N2OS. The zero-order valence-corrected chi connectivity index (χ0v) is 11.7. The van der Waals surface area contributed by atoms with Crippen molar-refractivity contribution in [3.05, 3.63) is 0 Å². The van der Waals surface area contributed by atoms with Crippen LogP contribution in [0.4, 0.5) is 0 Å². The minimum atomic E-state index is 0.226. The van der Waals surface area contributed by atoms with Crippen molar-refractivity contribution in [2.45, 2.75) is 37.5 Å². The van der Waals surface area contributed by atoms with E-state index in [-0.39, 0.29) is 6.10 Å². The number of ether oxygens (including phenoxy) is 1. The molecule has 2 N–H and O–H groups in total. The molecule has 0 amide bonds. The molecule has 0 aromatic heterocycles. The Labute approximate surface area is 104 Å². The third kappa shape index (κ3) is 5.04. The van der Waals surface area contributed by atoms with Crippen molar-refractivity contribution in [1.29, 1.82) is 0 Å². The van der Waals surface area contributed by atoms with Crippen LogP contribution in [0.2, 0.25) is 0 Å². The van der Waals surface area contributed by atoms with Gasteiger partial charge < -0.3 is 15.4 Å². The Bertz CT molecular complexity index is 195. The fourth-order valence-corrected chi connectivity index (χ4v) is 3.08. The summed E-state index contributed by atoms with van der Waals surface area (Å²) in [4.78, 5) is 2.55. The molecule has 4 heteroatoms. The smallest absolute Gasteiger partial charge is 0.0705 e. The van der Waals surface area contributed by atoms with E-state index in [1.807, 2.05) is 0 Å². The zero-order chi connectivity index (χ0) is 12.0. The fraction of sp³-hybridized carbons (Fsp3) is 1.00. The first-order valence-corrected chi connectivity index (χ1v) is 7.15. The highest BCUT2D eigenvalue weighted by molar-refractivity contribution is 8.00. The molecule has 0 bridgehead atoms. The predicted molar refractivity (Wildman–Crippen MR) is 72.1 cm³/mol. The monoisotopic (exact) mass is 246 g/mol. The molecule has 1 fully saturated rings. The van der Waals surface area contributed by atoms with Crippen molar-refractivity contribution in [1.82, 2.24) is 4.90 Å². The van der Waals surface area contributed by atoms with Gasteiger partial charge in [-0.15, -0.1) is 0 Å². The quantitative estimate of drug-likeness (QED) is 0.799. The van der Waals surface area contributed by atoms with E-state index in [0.29, 0.717) is 11.3 Å². The van der Waals surface area contributed by atoms with Crippen molar-refractivity contribution >= 4 is 11.8 Å². The van der Waals surface area contributed by atoms with Crippen LogP contribution in [0.3, 0.4) is 0 Å². The predicted octanol–water partition coefficient (Wildman–Crippen LogP) is 1.57. The summed E-state index contributed by atoms with van der Waals surface area (Å²) in [7, 11) is 1.75. The van der Waals surface area contributed by atoms with Gasteiger partial charge in [0.25, 0.3) is 0 Å². The molecule has 1 saturated heterocycles. The van der Waals surface area contributed by atoms with E-state index in [2.05, 4.69) is 30.5 Å². The summed E-state index contributed by atoms with van der Waals surface area (Å²) < 4.78 is 5.75. The van der Waals surface area contributed by atoms with Gasteiger partial charge in [0.05, 0.1) is 6.10 Å². The molecule has 1 atom stereocenters. The van der Waals surface area contributed by atoms with Gasteiger partial charge in [-0.2, -0.15) is 11.8 Å². The van der Waals surface area contributed by atoms with Gasteiger partial charge in [-0.1, -0.05) is 13.8 Å². The van der Waals surface area contributed by atoms with E-state index in [1.165, 1.54) is 25.3 Å². The molecule has 0 saturated carbocycles. The Kier molecular flexibility index (Phi) is 6.11. The Morgan fingerprint density at radius 3 is 2.81 bits per heavy atom. The number of rotatable bonds is 5. The fourth-order valence-electron chi connectivity index (χ4n) is 1.94. The van der Waals surface area contributed by atoms with Crippen molar-refractivity contribution in [3.63, 3.8) is 0 Å². The van der Waals surface area contributed by atoms with Gasteiger partial charge in [-0.05, 0) is 19.4 Å². The van der Waals surface area contributed by atoms with Crippen LogP contribution in [0.15, 0.2) is 0 Å². The van der Waals surface area contributed by atoms with Crippen molar-refractivity contribution in [2.75, 3.05) is 39.0 Å². The van der Waals surface area contributed by atoms with E-state index in [4.69, 9.17) is 10.5 Å². The lowest BCUT2D eigenvalue weighted by molar-refractivity contribution is 0.0901. The van der Waals surface area contributed by atoms with Crippen LogP contribution in [0.25, 0.3) is 0 Å². The summed E-state index contributed by atoms with van der Waals surface area (Å²) in [6, 6.07) is 0. The molecule has 0 radical (unpaired) electrons. The molecule has 0 aliphatic carbocycles. The summed E-state index contributed by atoms with van der Waals surface area (Å²) in [6.07, 6.45) is 2.56. The van der Waals surface area contributed by atoms with E-state index in [9.17, 15) is 0 Å². The van der Waals surface area contributed by atoms with E-state index in [1.54, 1.807) is 7.11 Å². The van der Waals surface area contributed by atoms with Gasteiger partial charge in [0, 0.05) is 37.2 Å². The molecule has 1 heterocycles. The molecule has 16 heavy (non-hydrogen) atoms. The Morgan fingerprint density at radius 1 is 1.44 bits per heavy atom. The van der Waals surface area contributed by atoms with Gasteiger partial charge in [-0.25, -0.2) is 0 Å². The Morgan fingerprint density at radius 2 is 2.19 bits per heavy atom. The van der Waals surface area contributed by atoms with Crippen LogP contribution in [0, 0.1) is 0 Å². The maximum atomic E-state index is 5.63. The number of hydrogen-bond acceptors (Lipinski definition) is 4. The lowest BCUT2D eigenvalue weighted by atomic mass is 10.1. The standard InChI is InChI=1S/C12H26N2OS/c1-12(2)5-7-14(8-9-16-12)6-4-11(10-13)15-3/h11H,4-10,13H2,1-3H3. The van der Waals surface area contributed by atoms with Crippen LogP contribution >= 0.6 is 11.8 Å². The lowest BCUT2D eigenvalue weighted by Crippen LogP contribution is -2.33. The first kappa shape index (κ1) is 14.3. The van der Waals surface area contributed by atoms with Crippen LogP contribution in [-0.2, 0) is 4.74 Å². The topological polar surface area (TPSA) is 38.5 Å². The second-order valence-electron chi connectivity index (χ2n) is 5.08. The molecule has 3 nitrogen and oxygen atoms in total. The number of hydrogen-bond donors (Lipinski definition) is 1. The SMILES string of the molecule is COC(CN)CCN1CCSC(C)(C)CC1. The van der Waals surface area contributed by atoms with E-state index < -0.39 is 0 Å². The summed E-state index contributed by atoms with van der Waals surface area (Å²) in [5.41, 5.74) is 5.63. The summed E-state index contributed by atoms with van der Waals surface area (Å²) >= 11 is 2.09. The van der Waals surface area contributed by atoms with Gasteiger partial charge >= 0.3 is 0 Å². The van der Waals surface area contributed by atoms with Crippen LogP contribution in [-0.4, -0.2) is 54.8 Å². The molecule has 96 valence electrons. The first-order valence-electron chi connectivity index (χ1n) is 6.16. The highest BCUT2D eigenvalue weighted by atomic mass is 32.2. The minimum absolute atomic E-state index is 0.226. The molecule has 0 aromatic rings. The largest absolute Gasteiger partial charge is 0.380 e. The summed E-state index contributed by atoms with van der Waals surface area (Å²) in [5.74, 6) is 1.24. The Hall–Kier alpha value is 0.230. The van der Waals surface area contributed by atoms with Crippen molar-refractivity contribution in [2.24, 2.45) is 5.73 Å². The zero-order valence-electron chi connectivity index (χ0n) is 10.9. The van der Waals surface area contributed by atoms with Crippen LogP contribution in [0.5, 0.6) is 0 Å². The number of thioether (sulfide) groups is 1. The number of methoxy groups -OCH3 is 1. The number of nitrogens with two attached hydrogens (primary N) is 1. The van der Waals surface area contributed by atoms with Gasteiger partial charge in [0.2, 0.25) is 0 Å². The van der Waals surface area contributed by atoms with Gasteiger partial charge in [0.15, 0.2) is 0 Å². The van der Waals surface area contributed by atoms with Crippen molar-refractivity contribution < 1.29 is 4.74 Å². The third-order valence-electron chi connectivity index (χ3n) is 3.29. The average molecular weight is 246 g/mol. The third-order valence-corrected chi connectivity index (χ3v) is 4.67. The van der Waals surface area contributed by atoms with Crippen LogP contribution in [0.1, 0.15) is 26.7 Å². The van der Waals surface area contributed by atoms with E-state index in [0.717, 1.165) is 13.0 Å². The molecule has 0 aromatic carbocycles. The highest BCUT2D eigenvalue weighted by Crippen LogP contribution is 2.30. The Balaban J connectivity index is 2.27. The lowest BCUT2D eigenvalue weighted by Gasteiger charge is -2.23. The summed E-state index contributed by atoms with van der Waals surface area (Å²) in [6.45, 7) is 8.85. The van der Waals surface area contributed by atoms with Gasteiger partial charge in [0.1, 0.15) is 0 Å². The molecule has 1 aliphatic rings. The van der Waals surface area contributed by atoms with Crippen LogP contribution < -0.4 is 5.73 Å². The average Bonchev–Trinajstić information content (AvgIpc) is 2.41.